The Morgan fingerprint density at radius 2 is 2.24 bits per heavy atom. The molecule has 21 heavy (non-hydrogen) atoms. The van der Waals surface area contributed by atoms with E-state index < -0.39 is 0 Å². The van der Waals surface area contributed by atoms with Crippen LogP contribution in [-0.2, 0) is 0 Å². The summed E-state index contributed by atoms with van der Waals surface area (Å²) >= 11 is 0. The first-order valence-corrected chi connectivity index (χ1v) is 6.38. The van der Waals surface area contributed by atoms with E-state index in [1.807, 2.05) is 18.2 Å². The van der Waals surface area contributed by atoms with E-state index in [2.05, 4.69) is 20.5 Å². The summed E-state index contributed by atoms with van der Waals surface area (Å²) in [5.41, 5.74) is 6.57. The van der Waals surface area contributed by atoms with E-state index in [-0.39, 0.29) is 5.69 Å². The molecule has 0 atom stereocenters. The molecule has 8 nitrogen and oxygen atoms in total. The second-order valence-corrected chi connectivity index (χ2v) is 4.34. The topological polar surface area (TPSA) is 110 Å². The van der Waals surface area contributed by atoms with Crippen molar-refractivity contribution in [1.29, 1.82) is 0 Å². The molecule has 4 N–H and O–H groups in total. The van der Waals surface area contributed by atoms with Gasteiger partial charge in [0, 0.05) is 6.07 Å². The van der Waals surface area contributed by atoms with Crippen LogP contribution >= 0.6 is 0 Å². The van der Waals surface area contributed by atoms with Gasteiger partial charge in [0.05, 0.1) is 12.2 Å². The van der Waals surface area contributed by atoms with Crippen molar-refractivity contribution in [1.82, 2.24) is 19.6 Å². The molecule has 0 saturated carbocycles. The molecule has 0 aliphatic carbocycles. The number of aromatic nitrogens is 4. The lowest BCUT2D eigenvalue weighted by Crippen LogP contribution is -2.14. The van der Waals surface area contributed by atoms with Gasteiger partial charge in [0.1, 0.15) is 24.5 Å². The first-order chi connectivity index (χ1) is 10.2. The quantitative estimate of drug-likeness (QED) is 0.465. The third-order valence-electron chi connectivity index (χ3n) is 2.89. The highest BCUT2D eigenvalue weighted by atomic mass is 16.5. The van der Waals surface area contributed by atoms with E-state index in [1.54, 1.807) is 12.1 Å². The molecule has 0 aliphatic heterocycles. The molecule has 0 amide bonds. The number of fused-ring (bicyclic) bond motifs is 1. The van der Waals surface area contributed by atoms with E-state index in [1.165, 1.54) is 10.7 Å². The van der Waals surface area contributed by atoms with Gasteiger partial charge in [0.15, 0.2) is 5.65 Å². The van der Waals surface area contributed by atoms with Gasteiger partial charge >= 0.3 is 5.69 Å². The third kappa shape index (κ3) is 2.78. The molecule has 0 radical (unpaired) electrons. The van der Waals surface area contributed by atoms with Crippen LogP contribution < -0.4 is 21.5 Å². The number of aromatic amines is 1. The van der Waals surface area contributed by atoms with Crippen molar-refractivity contribution >= 4 is 17.2 Å². The average molecular weight is 286 g/mol. The number of benzene rings is 1. The fourth-order valence-corrected chi connectivity index (χ4v) is 1.86. The minimum absolute atomic E-state index is 0.313. The number of anilines is 2. The lowest BCUT2D eigenvalue weighted by molar-refractivity contribution is 0.334. The number of nitrogens with two attached hydrogens (primary N) is 1. The molecule has 1 aromatic carbocycles. The molecular formula is C13H14N6O2. The van der Waals surface area contributed by atoms with E-state index >= 15 is 0 Å². The Morgan fingerprint density at radius 1 is 1.38 bits per heavy atom. The summed E-state index contributed by atoms with van der Waals surface area (Å²) in [7, 11) is 0. The Morgan fingerprint density at radius 3 is 3.10 bits per heavy atom. The second kappa shape index (κ2) is 5.53. The largest absolute Gasteiger partial charge is 0.490 e. The predicted molar refractivity (Wildman–Crippen MR) is 78.4 cm³/mol. The summed E-state index contributed by atoms with van der Waals surface area (Å²) in [5, 5.41) is 9.30. The summed E-state index contributed by atoms with van der Waals surface area (Å²) in [4.78, 5) is 15.4. The molecule has 0 unspecified atom stereocenters. The van der Waals surface area contributed by atoms with Crippen LogP contribution in [0.25, 0.3) is 5.65 Å². The highest BCUT2D eigenvalue weighted by molar-refractivity contribution is 5.52. The zero-order chi connectivity index (χ0) is 14.7. The molecule has 0 spiro atoms. The van der Waals surface area contributed by atoms with Crippen molar-refractivity contribution in [3.8, 4) is 5.75 Å². The van der Waals surface area contributed by atoms with Crippen molar-refractivity contribution in [2.75, 3.05) is 24.2 Å². The van der Waals surface area contributed by atoms with Gasteiger partial charge in [0.25, 0.3) is 0 Å². The minimum Gasteiger partial charge on any atom is -0.490 e. The summed E-state index contributed by atoms with van der Waals surface area (Å²) in [6.45, 7) is 0.987. The first kappa shape index (κ1) is 13.0. The number of nitrogen functional groups attached to an aromatic ring is 1. The number of nitrogens with zero attached hydrogens (tertiary/aromatic N) is 3. The minimum atomic E-state index is -0.313. The van der Waals surface area contributed by atoms with E-state index in [0.717, 1.165) is 0 Å². The van der Waals surface area contributed by atoms with Crippen molar-refractivity contribution in [3.63, 3.8) is 0 Å². The Kier molecular flexibility index (Phi) is 3.42. The van der Waals surface area contributed by atoms with Crippen LogP contribution in [0, 0.1) is 0 Å². The van der Waals surface area contributed by atoms with Crippen LogP contribution in [0.1, 0.15) is 0 Å². The van der Waals surface area contributed by atoms with Crippen molar-refractivity contribution in [3.05, 3.63) is 47.1 Å². The highest BCUT2D eigenvalue weighted by Crippen LogP contribution is 2.19. The maximum atomic E-state index is 11.3. The SMILES string of the molecule is Nc1ccccc1OCCNc1cc2n[nH]c(=O)n2cn1. The Labute approximate surface area is 119 Å². The number of nitrogens with one attached hydrogen (secondary N) is 2. The molecule has 0 fully saturated rings. The molecule has 3 aromatic rings. The summed E-state index contributed by atoms with van der Waals surface area (Å²) in [6.07, 6.45) is 1.42. The van der Waals surface area contributed by atoms with Crippen molar-refractivity contribution in [2.45, 2.75) is 0 Å². The fourth-order valence-electron chi connectivity index (χ4n) is 1.86. The molecule has 8 heteroatoms. The van der Waals surface area contributed by atoms with Crippen LogP contribution in [0.15, 0.2) is 41.5 Å². The average Bonchev–Trinajstić information content (AvgIpc) is 2.86. The molecule has 2 aromatic heterocycles. The predicted octanol–water partition coefficient (Wildman–Crippen LogP) is 0.491. The standard InChI is InChI=1S/C13H14N6O2/c14-9-3-1-2-4-10(9)21-6-5-15-11-7-12-17-18-13(20)19(12)8-16-11/h1-4,7-8,15H,5-6,14H2,(H,18,20). The summed E-state index contributed by atoms with van der Waals surface area (Å²) in [5.74, 6) is 1.27. The number of hydrogen-bond donors (Lipinski definition) is 3. The highest BCUT2D eigenvalue weighted by Gasteiger charge is 2.02. The van der Waals surface area contributed by atoms with E-state index in [9.17, 15) is 4.79 Å². The van der Waals surface area contributed by atoms with Crippen LogP contribution in [0.2, 0.25) is 0 Å². The zero-order valence-electron chi connectivity index (χ0n) is 11.1. The summed E-state index contributed by atoms with van der Waals surface area (Å²) in [6, 6.07) is 8.99. The Hall–Kier alpha value is -3.03. The fraction of sp³-hybridized carbons (Fsp3) is 0.154. The zero-order valence-corrected chi connectivity index (χ0v) is 11.1. The number of ether oxygens (including phenoxy) is 1. The maximum Gasteiger partial charge on any atom is 0.348 e. The van der Waals surface area contributed by atoms with Crippen LogP contribution in [0.4, 0.5) is 11.5 Å². The lowest BCUT2D eigenvalue weighted by Gasteiger charge is -2.09. The van der Waals surface area contributed by atoms with Gasteiger partial charge in [0.2, 0.25) is 0 Å². The Balaban J connectivity index is 1.57. The van der Waals surface area contributed by atoms with Crippen LogP contribution in [0.5, 0.6) is 5.75 Å². The summed E-state index contributed by atoms with van der Waals surface area (Å²) < 4.78 is 6.88. The molecule has 0 saturated heterocycles. The normalized spacial score (nSPS) is 10.7. The Bertz CT molecular complexity index is 810. The maximum absolute atomic E-state index is 11.3. The molecule has 108 valence electrons. The van der Waals surface area contributed by atoms with Crippen LogP contribution in [0.3, 0.4) is 0 Å². The monoisotopic (exact) mass is 286 g/mol. The van der Waals surface area contributed by atoms with E-state index in [4.69, 9.17) is 10.5 Å². The third-order valence-corrected chi connectivity index (χ3v) is 2.89. The van der Waals surface area contributed by atoms with Crippen LogP contribution in [-0.4, -0.2) is 32.7 Å². The van der Waals surface area contributed by atoms with Gasteiger partial charge in [-0.1, -0.05) is 12.1 Å². The molecular weight excluding hydrogens is 272 g/mol. The molecule has 0 aliphatic rings. The molecule has 2 heterocycles. The number of para-hydroxylation sites is 2. The molecule has 3 rings (SSSR count). The first-order valence-electron chi connectivity index (χ1n) is 6.38. The molecule has 0 bridgehead atoms. The van der Waals surface area contributed by atoms with Gasteiger partial charge in [-0.15, -0.1) is 0 Å². The number of hydrogen-bond acceptors (Lipinski definition) is 6. The number of H-pyrrole nitrogens is 1. The van der Waals surface area contributed by atoms with Crippen molar-refractivity contribution in [2.24, 2.45) is 0 Å². The van der Waals surface area contributed by atoms with Gasteiger partial charge in [-0.25, -0.2) is 19.3 Å². The second-order valence-electron chi connectivity index (χ2n) is 4.34. The lowest BCUT2D eigenvalue weighted by atomic mass is 10.3. The van der Waals surface area contributed by atoms with Gasteiger partial charge in [-0.05, 0) is 12.1 Å². The number of rotatable bonds is 5. The van der Waals surface area contributed by atoms with Crippen molar-refractivity contribution < 1.29 is 4.74 Å². The van der Waals surface area contributed by atoms with Gasteiger partial charge in [-0.2, -0.15) is 5.10 Å². The van der Waals surface area contributed by atoms with E-state index in [0.29, 0.717) is 36.1 Å². The van der Waals surface area contributed by atoms with Gasteiger partial charge < -0.3 is 15.8 Å². The van der Waals surface area contributed by atoms with Gasteiger partial charge in [-0.3, -0.25) is 0 Å². The smallest absolute Gasteiger partial charge is 0.348 e.